The summed E-state index contributed by atoms with van der Waals surface area (Å²) in [5, 5.41) is 4.05. The highest BCUT2D eigenvalue weighted by molar-refractivity contribution is 5.80. The number of aromatic nitrogens is 4. The molecule has 0 aliphatic heterocycles. The quantitative estimate of drug-likeness (QED) is 0.542. The number of ether oxygens (including phenoxy) is 1. The van der Waals surface area contributed by atoms with Gasteiger partial charge in [-0.1, -0.05) is 35.5 Å². The van der Waals surface area contributed by atoms with Gasteiger partial charge in [-0.3, -0.25) is 4.57 Å². The predicted molar refractivity (Wildman–Crippen MR) is 99.2 cm³/mol. The lowest BCUT2D eigenvalue weighted by Crippen LogP contribution is -2.05. The molecule has 1 aromatic carbocycles. The minimum absolute atomic E-state index is 0.550. The highest BCUT2D eigenvalue weighted by Crippen LogP contribution is 2.30. The predicted octanol–water partition coefficient (Wildman–Crippen LogP) is 4.15. The Labute approximate surface area is 151 Å². The standard InChI is InChI=1S/C20H20N4O2/c1-4-25-20-22-19-17(24(20)12-15-8-6-5-7-9-15)10-16(11-21-19)18-13(2)23-26-14(18)3/h5-11H,4,12H2,1-3H3. The van der Waals surface area contributed by atoms with Crippen molar-refractivity contribution >= 4 is 11.2 Å². The Balaban J connectivity index is 1.87. The molecule has 26 heavy (non-hydrogen) atoms. The highest BCUT2D eigenvalue weighted by atomic mass is 16.5. The van der Waals surface area contributed by atoms with E-state index in [2.05, 4.69) is 37.9 Å². The molecular formula is C20H20N4O2. The largest absolute Gasteiger partial charge is 0.465 e. The van der Waals surface area contributed by atoms with Crippen molar-refractivity contribution in [3.05, 3.63) is 59.6 Å². The summed E-state index contributed by atoms with van der Waals surface area (Å²) in [5.74, 6) is 0.780. The second kappa shape index (κ2) is 6.63. The molecule has 6 nitrogen and oxygen atoms in total. The number of pyridine rings is 1. The fourth-order valence-corrected chi connectivity index (χ4v) is 3.17. The molecular weight excluding hydrogens is 328 g/mol. The van der Waals surface area contributed by atoms with Crippen molar-refractivity contribution < 1.29 is 9.26 Å². The van der Waals surface area contributed by atoms with Crippen LogP contribution in [0.15, 0.2) is 47.1 Å². The van der Waals surface area contributed by atoms with E-state index in [1.165, 1.54) is 5.56 Å². The van der Waals surface area contributed by atoms with Gasteiger partial charge in [0.15, 0.2) is 5.65 Å². The minimum Gasteiger partial charge on any atom is -0.465 e. The van der Waals surface area contributed by atoms with Crippen LogP contribution in [0.1, 0.15) is 23.9 Å². The fraction of sp³-hybridized carbons (Fsp3) is 0.250. The van der Waals surface area contributed by atoms with Gasteiger partial charge in [-0.25, -0.2) is 4.98 Å². The third-order valence-electron chi connectivity index (χ3n) is 4.35. The number of fused-ring (bicyclic) bond motifs is 1. The van der Waals surface area contributed by atoms with Crippen LogP contribution < -0.4 is 4.74 Å². The summed E-state index contributed by atoms with van der Waals surface area (Å²) in [7, 11) is 0. The maximum atomic E-state index is 5.75. The maximum absolute atomic E-state index is 5.75. The summed E-state index contributed by atoms with van der Waals surface area (Å²) in [6.07, 6.45) is 1.81. The van der Waals surface area contributed by atoms with Crippen LogP contribution in [0, 0.1) is 13.8 Å². The number of rotatable bonds is 5. The van der Waals surface area contributed by atoms with Crippen LogP contribution in [0.5, 0.6) is 6.01 Å². The van der Waals surface area contributed by atoms with E-state index in [9.17, 15) is 0 Å². The van der Waals surface area contributed by atoms with Gasteiger partial charge >= 0.3 is 0 Å². The van der Waals surface area contributed by atoms with Crippen molar-refractivity contribution in [2.75, 3.05) is 6.61 Å². The average Bonchev–Trinajstić information content (AvgIpc) is 3.16. The van der Waals surface area contributed by atoms with E-state index < -0.39 is 0 Å². The van der Waals surface area contributed by atoms with Crippen molar-refractivity contribution in [3.8, 4) is 17.1 Å². The summed E-state index contributed by atoms with van der Waals surface area (Å²) < 4.78 is 13.1. The lowest BCUT2D eigenvalue weighted by atomic mass is 10.1. The van der Waals surface area contributed by atoms with E-state index in [1.807, 2.05) is 45.2 Å². The summed E-state index contributed by atoms with van der Waals surface area (Å²) in [6.45, 7) is 7.01. The van der Waals surface area contributed by atoms with Crippen LogP contribution in [0.3, 0.4) is 0 Å². The van der Waals surface area contributed by atoms with Gasteiger partial charge < -0.3 is 9.26 Å². The molecule has 3 aromatic heterocycles. The third kappa shape index (κ3) is 2.83. The van der Waals surface area contributed by atoms with Crippen LogP contribution in [0.2, 0.25) is 0 Å². The summed E-state index contributed by atoms with van der Waals surface area (Å²) in [6, 6.07) is 12.9. The Kier molecular flexibility index (Phi) is 4.16. The maximum Gasteiger partial charge on any atom is 0.299 e. The summed E-state index contributed by atoms with van der Waals surface area (Å²) in [5.41, 5.74) is 5.56. The molecule has 6 heteroatoms. The molecule has 0 aliphatic carbocycles. The Hall–Kier alpha value is -3.15. The fourth-order valence-electron chi connectivity index (χ4n) is 3.17. The molecule has 0 N–H and O–H groups in total. The molecule has 0 aliphatic rings. The molecule has 132 valence electrons. The Morgan fingerprint density at radius 2 is 1.96 bits per heavy atom. The Morgan fingerprint density at radius 1 is 1.15 bits per heavy atom. The molecule has 0 radical (unpaired) electrons. The second-order valence-corrected chi connectivity index (χ2v) is 6.17. The molecule has 0 spiro atoms. The first kappa shape index (κ1) is 16.3. The van der Waals surface area contributed by atoms with Gasteiger partial charge in [-0.2, -0.15) is 4.98 Å². The van der Waals surface area contributed by atoms with Crippen LogP contribution in [0.25, 0.3) is 22.3 Å². The molecule has 0 atom stereocenters. The Morgan fingerprint density at radius 3 is 2.65 bits per heavy atom. The zero-order valence-electron chi connectivity index (χ0n) is 15.1. The number of benzene rings is 1. The molecule has 0 unspecified atom stereocenters. The zero-order valence-corrected chi connectivity index (χ0v) is 15.1. The molecule has 0 saturated carbocycles. The lowest BCUT2D eigenvalue weighted by molar-refractivity contribution is 0.301. The monoisotopic (exact) mass is 348 g/mol. The van der Waals surface area contributed by atoms with E-state index in [0.29, 0.717) is 24.8 Å². The van der Waals surface area contributed by atoms with E-state index in [-0.39, 0.29) is 0 Å². The molecule has 3 heterocycles. The normalized spacial score (nSPS) is 11.2. The zero-order chi connectivity index (χ0) is 18.1. The van der Waals surface area contributed by atoms with E-state index in [0.717, 1.165) is 28.1 Å². The van der Waals surface area contributed by atoms with Crippen LogP contribution in [-0.2, 0) is 6.54 Å². The first-order valence-corrected chi connectivity index (χ1v) is 8.63. The number of hydrogen-bond acceptors (Lipinski definition) is 5. The SMILES string of the molecule is CCOc1nc2ncc(-c3c(C)noc3C)cc2n1Cc1ccccc1. The first-order chi connectivity index (χ1) is 12.7. The lowest BCUT2D eigenvalue weighted by Gasteiger charge is -2.09. The van der Waals surface area contributed by atoms with Gasteiger partial charge in [-0.05, 0) is 32.4 Å². The van der Waals surface area contributed by atoms with Crippen molar-refractivity contribution in [3.63, 3.8) is 0 Å². The highest BCUT2D eigenvalue weighted by Gasteiger charge is 2.17. The third-order valence-corrected chi connectivity index (χ3v) is 4.35. The topological polar surface area (TPSA) is 66.0 Å². The van der Waals surface area contributed by atoms with Gasteiger partial charge in [0, 0.05) is 17.3 Å². The molecule has 0 fully saturated rings. The molecule has 0 bridgehead atoms. The van der Waals surface area contributed by atoms with Crippen LogP contribution >= 0.6 is 0 Å². The van der Waals surface area contributed by atoms with E-state index in [4.69, 9.17) is 9.26 Å². The molecule has 0 saturated heterocycles. The number of nitrogens with zero attached hydrogens (tertiary/aromatic N) is 4. The van der Waals surface area contributed by atoms with Gasteiger partial charge in [-0.15, -0.1) is 0 Å². The number of hydrogen-bond donors (Lipinski definition) is 0. The van der Waals surface area contributed by atoms with E-state index in [1.54, 1.807) is 0 Å². The van der Waals surface area contributed by atoms with Gasteiger partial charge in [0.25, 0.3) is 6.01 Å². The first-order valence-electron chi connectivity index (χ1n) is 8.63. The van der Waals surface area contributed by atoms with Crippen molar-refractivity contribution in [1.29, 1.82) is 0 Å². The smallest absolute Gasteiger partial charge is 0.299 e. The molecule has 0 amide bonds. The molecule has 4 aromatic rings. The van der Waals surface area contributed by atoms with E-state index >= 15 is 0 Å². The number of imidazole rings is 1. The summed E-state index contributed by atoms with van der Waals surface area (Å²) in [4.78, 5) is 9.10. The average molecular weight is 348 g/mol. The Bertz CT molecular complexity index is 1030. The number of aryl methyl sites for hydroxylation is 2. The van der Waals surface area contributed by atoms with Gasteiger partial charge in [0.2, 0.25) is 0 Å². The van der Waals surface area contributed by atoms with Gasteiger partial charge in [0.1, 0.15) is 5.76 Å². The van der Waals surface area contributed by atoms with Crippen molar-refractivity contribution in [1.82, 2.24) is 19.7 Å². The van der Waals surface area contributed by atoms with Crippen LogP contribution in [0.4, 0.5) is 0 Å². The van der Waals surface area contributed by atoms with Crippen LogP contribution in [-0.4, -0.2) is 26.3 Å². The molecule has 4 rings (SSSR count). The summed E-state index contributed by atoms with van der Waals surface area (Å²) >= 11 is 0. The second-order valence-electron chi connectivity index (χ2n) is 6.17. The van der Waals surface area contributed by atoms with Gasteiger partial charge in [0.05, 0.1) is 24.4 Å². The van der Waals surface area contributed by atoms with Crippen molar-refractivity contribution in [2.45, 2.75) is 27.3 Å². The minimum atomic E-state index is 0.550. The van der Waals surface area contributed by atoms with Crippen molar-refractivity contribution in [2.24, 2.45) is 0 Å².